The van der Waals surface area contributed by atoms with E-state index in [0.717, 1.165) is 31.7 Å². The Morgan fingerprint density at radius 2 is 2.05 bits per heavy atom. The van der Waals surface area contributed by atoms with Crippen molar-refractivity contribution in [3.8, 4) is 0 Å². The van der Waals surface area contributed by atoms with Gasteiger partial charge in [-0.25, -0.2) is 0 Å². The van der Waals surface area contributed by atoms with Gasteiger partial charge in [-0.05, 0) is 70.6 Å². The Labute approximate surface area is 116 Å². The van der Waals surface area contributed by atoms with Crippen molar-refractivity contribution >= 4 is 0 Å². The van der Waals surface area contributed by atoms with Gasteiger partial charge in [0, 0.05) is 24.0 Å². The zero-order chi connectivity index (χ0) is 13.2. The predicted octanol–water partition coefficient (Wildman–Crippen LogP) is 2.59. The fourth-order valence-corrected chi connectivity index (χ4v) is 3.61. The van der Waals surface area contributed by atoms with E-state index in [1.54, 1.807) is 0 Å². The molecule has 1 fully saturated rings. The van der Waals surface area contributed by atoms with Crippen LogP contribution in [0, 0.1) is 5.92 Å². The third-order valence-corrected chi connectivity index (χ3v) is 4.98. The first kappa shape index (κ1) is 13.2. The largest absolute Gasteiger partial charge is 0.388 e. The van der Waals surface area contributed by atoms with Crippen LogP contribution in [0.1, 0.15) is 49.5 Å². The Balaban J connectivity index is 1.58. The summed E-state index contributed by atoms with van der Waals surface area (Å²) >= 11 is 0. The monoisotopic (exact) mass is 262 g/mol. The van der Waals surface area contributed by atoms with Crippen molar-refractivity contribution in [1.29, 1.82) is 0 Å². The maximum Gasteiger partial charge on any atom is 0.0807 e. The van der Waals surface area contributed by atoms with E-state index in [-0.39, 0.29) is 6.10 Å². The first-order valence-electron chi connectivity index (χ1n) is 7.78. The Bertz CT molecular complexity index is 418. The highest BCUT2D eigenvalue weighted by atomic mass is 16.3. The van der Waals surface area contributed by atoms with Crippen LogP contribution < -0.4 is 0 Å². The lowest BCUT2D eigenvalue weighted by atomic mass is 9.93. The van der Waals surface area contributed by atoms with Crippen LogP contribution >= 0.6 is 0 Å². The Kier molecular flexibility index (Phi) is 3.94. The number of rotatable bonds is 3. The normalized spacial score (nSPS) is 25.5. The van der Waals surface area contributed by atoms with Crippen LogP contribution in [0.5, 0.6) is 0 Å². The first-order chi connectivity index (χ1) is 9.24. The highest BCUT2D eigenvalue weighted by Gasteiger charge is 2.22. The van der Waals surface area contributed by atoms with E-state index < -0.39 is 0 Å². The summed E-state index contributed by atoms with van der Waals surface area (Å²) in [7, 11) is 2.22. The average Bonchev–Trinajstić information content (AvgIpc) is 2.83. The van der Waals surface area contributed by atoms with Crippen LogP contribution in [0.2, 0.25) is 0 Å². The van der Waals surface area contributed by atoms with Gasteiger partial charge in [0.15, 0.2) is 0 Å². The highest BCUT2D eigenvalue weighted by Crippen LogP contribution is 2.31. The van der Waals surface area contributed by atoms with Gasteiger partial charge in [-0.15, -0.1) is 0 Å². The van der Waals surface area contributed by atoms with Crippen LogP contribution in [-0.2, 0) is 13.0 Å². The van der Waals surface area contributed by atoms with Crippen molar-refractivity contribution < 1.29 is 5.11 Å². The second-order valence-electron chi connectivity index (χ2n) is 6.35. The minimum Gasteiger partial charge on any atom is -0.388 e. The van der Waals surface area contributed by atoms with Crippen molar-refractivity contribution in [2.24, 2.45) is 5.92 Å². The third kappa shape index (κ3) is 2.87. The fourth-order valence-electron chi connectivity index (χ4n) is 3.61. The summed E-state index contributed by atoms with van der Waals surface area (Å²) in [5, 5.41) is 10.0. The van der Waals surface area contributed by atoms with Gasteiger partial charge in [0.25, 0.3) is 0 Å². The second-order valence-corrected chi connectivity index (χ2v) is 6.35. The molecule has 106 valence electrons. The minimum atomic E-state index is -0.215. The summed E-state index contributed by atoms with van der Waals surface area (Å²) in [6.07, 6.45) is 9.18. The molecule has 1 aromatic heterocycles. The molecule has 2 heterocycles. The molecule has 0 aromatic carbocycles. The molecule has 2 aliphatic rings. The SMILES string of the molecule is CN1CCC(CCn2ccc3c2CCCC3O)CC1. The van der Waals surface area contributed by atoms with Gasteiger partial charge in [-0.1, -0.05) is 0 Å². The molecule has 1 aliphatic heterocycles. The van der Waals surface area contributed by atoms with Gasteiger partial charge < -0.3 is 14.6 Å². The Morgan fingerprint density at radius 3 is 2.84 bits per heavy atom. The quantitative estimate of drug-likeness (QED) is 0.907. The van der Waals surface area contributed by atoms with E-state index in [1.807, 2.05) is 0 Å². The number of aryl methyl sites for hydroxylation is 1. The molecule has 0 spiro atoms. The van der Waals surface area contributed by atoms with Gasteiger partial charge in [0.2, 0.25) is 0 Å². The zero-order valence-corrected chi connectivity index (χ0v) is 12.0. The van der Waals surface area contributed by atoms with Gasteiger partial charge in [0.05, 0.1) is 6.10 Å². The smallest absolute Gasteiger partial charge is 0.0807 e. The number of hydrogen-bond donors (Lipinski definition) is 1. The van der Waals surface area contributed by atoms with Crippen molar-refractivity contribution in [3.05, 3.63) is 23.5 Å². The van der Waals surface area contributed by atoms with Gasteiger partial charge >= 0.3 is 0 Å². The van der Waals surface area contributed by atoms with E-state index in [4.69, 9.17) is 0 Å². The standard InChI is InChI=1S/C16H26N2O/c1-17-9-5-13(6-10-17)7-11-18-12-8-14-15(18)3-2-4-16(14)19/h8,12-13,16,19H,2-7,9-11H2,1H3. The van der Waals surface area contributed by atoms with Crippen molar-refractivity contribution in [2.45, 2.75) is 51.2 Å². The van der Waals surface area contributed by atoms with Crippen LogP contribution in [0.4, 0.5) is 0 Å². The van der Waals surface area contributed by atoms with E-state index in [0.29, 0.717) is 0 Å². The molecule has 1 aliphatic carbocycles. The number of aliphatic hydroxyl groups is 1. The average molecular weight is 262 g/mol. The van der Waals surface area contributed by atoms with Crippen molar-refractivity contribution in [3.63, 3.8) is 0 Å². The zero-order valence-electron chi connectivity index (χ0n) is 12.0. The maximum atomic E-state index is 10.0. The summed E-state index contributed by atoms with van der Waals surface area (Å²) in [4.78, 5) is 2.43. The molecule has 1 aromatic rings. The minimum absolute atomic E-state index is 0.215. The molecule has 1 unspecified atom stereocenters. The summed E-state index contributed by atoms with van der Waals surface area (Å²) in [5.74, 6) is 0.891. The molecule has 19 heavy (non-hydrogen) atoms. The molecule has 0 bridgehead atoms. The molecule has 0 radical (unpaired) electrons. The van der Waals surface area contributed by atoms with Crippen LogP contribution in [0.15, 0.2) is 12.3 Å². The van der Waals surface area contributed by atoms with Crippen LogP contribution in [-0.4, -0.2) is 34.7 Å². The topological polar surface area (TPSA) is 28.4 Å². The number of likely N-dealkylation sites (tertiary alicyclic amines) is 1. The first-order valence-corrected chi connectivity index (χ1v) is 7.78. The lowest BCUT2D eigenvalue weighted by Gasteiger charge is -2.29. The van der Waals surface area contributed by atoms with Crippen molar-refractivity contribution in [1.82, 2.24) is 9.47 Å². The molecular formula is C16H26N2O. The lowest BCUT2D eigenvalue weighted by molar-refractivity contribution is 0.155. The summed E-state index contributed by atoms with van der Waals surface area (Å²) < 4.78 is 2.40. The highest BCUT2D eigenvalue weighted by molar-refractivity contribution is 5.27. The molecule has 3 heteroatoms. The summed E-state index contributed by atoms with van der Waals surface area (Å²) in [6.45, 7) is 3.65. The van der Waals surface area contributed by atoms with Gasteiger partial charge in [-0.2, -0.15) is 0 Å². The Morgan fingerprint density at radius 1 is 1.26 bits per heavy atom. The predicted molar refractivity (Wildman–Crippen MR) is 77.2 cm³/mol. The van der Waals surface area contributed by atoms with Crippen molar-refractivity contribution in [2.75, 3.05) is 20.1 Å². The number of fused-ring (bicyclic) bond motifs is 1. The third-order valence-electron chi connectivity index (χ3n) is 4.98. The number of piperidine rings is 1. The number of aromatic nitrogens is 1. The second kappa shape index (κ2) is 5.68. The molecule has 0 saturated carbocycles. The van der Waals surface area contributed by atoms with E-state index in [2.05, 4.69) is 28.8 Å². The number of aliphatic hydroxyl groups excluding tert-OH is 1. The molecule has 3 rings (SSSR count). The molecule has 1 N–H and O–H groups in total. The fraction of sp³-hybridized carbons (Fsp3) is 0.750. The van der Waals surface area contributed by atoms with E-state index in [9.17, 15) is 5.11 Å². The van der Waals surface area contributed by atoms with E-state index in [1.165, 1.54) is 43.6 Å². The Hall–Kier alpha value is -0.800. The molecule has 0 amide bonds. The number of nitrogens with zero attached hydrogens (tertiary/aromatic N) is 2. The lowest BCUT2D eigenvalue weighted by Crippen LogP contribution is -2.30. The van der Waals surface area contributed by atoms with Gasteiger partial charge in [0.1, 0.15) is 0 Å². The van der Waals surface area contributed by atoms with Crippen LogP contribution in [0.25, 0.3) is 0 Å². The molecule has 1 saturated heterocycles. The molecular weight excluding hydrogens is 236 g/mol. The van der Waals surface area contributed by atoms with Crippen LogP contribution in [0.3, 0.4) is 0 Å². The number of hydrogen-bond acceptors (Lipinski definition) is 2. The molecule has 3 nitrogen and oxygen atoms in total. The maximum absolute atomic E-state index is 10.0. The summed E-state index contributed by atoms with van der Waals surface area (Å²) in [5.41, 5.74) is 2.58. The van der Waals surface area contributed by atoms with E-state index >= 15 is 0 Å². The van der Waals surface area contributed by atoms with Gasteiger partial charge in [-0.3, -0.25) is 0 Å². The summed E-state index contributed by atoms with van der Waals surface area (Å²) in [6, 6.07) is 2.13. The molecule has 1 atom stereocenters.